The van der Waals surface area contributed by atoms with Gasteiger partial charge >= 0.3 is 6.18 Å². The molecule has 0 aromatic heterocycles. The van der Waals surface area contributed by atoms with E-state index in [0.717, 1.165) is 11.0 Å². The summed E-state index contributed by atoms with van der Waals surface area (Å²) in [5, 5.41) is 9.08. The van der Waals surface area contributed by atoms with Gasteiger partial charge in [0.1, 0.15) is 12.4 Å². The lowest BCUT2D eigenvalue weighted by Gasteiger charge is -2.45. The van der Waals surface area contributed by atoms with Crippen molar-refractivity contribution in [1.29, 1.82) is 5.26 Å². The maximum absolute atomic E-state index is 13.6. The summed E-state index contributed by atoms with van der Waals surface area (Å²) in [6, 6.07) is 11.4. The summed E-state index contributed by atoms with van der Waals surface area (Å²) in [6.07, 6.45) is -4.81. The van der Waals surface area contributed by atoms with Crippen LogP contribution >= 0.6 is 0 Å². The van der Waals surface area contributed by atoms with E-state index in [1.807, 2.05) is 0 Å². The summed E-state index contributed by atoms with van der Waals surface area (Å²) in [7, 11) is 0. The number of nitrogens with two attached hydrogens (primary N) is 1. The Labute approximate surface area is 211 Å². The normalized spacial score (nSPS) is 29.4. The van der Waals surface area contributed by atoms with Crippen LogP contribution in [0.2, 0.25) is 0 Å². The number of halogens is 3. The van der Waals surface area contributed by atoms with Gasteiger partial charge in [0, 0.05) is 25.3 Å². The van der Waals surface area contributed by atoms with E-state index in [0.29, 0.717) is 43.7 Å². The minimum atomic E-state index is -4.81. The molecule has 4 atom stereocenters. The van der Waals surface area contributed by atoms with Crippen LogP contribution in [0.4, 0.5) is 24.5 Å². The van der Waals surface area contributed by atoms with Crippen molar-refractivity contribution in [2.24, 2.45) is 11.8 Å². The Kier molecular flexibility index (Phi) is 5.73. The summed E-state index contributed by atoms with van der Waals surface area (Å²) in [5.41, 5.74) is 2.33. The number of likely N-dealkylation sites (tertiary alicyclic amines) is 1. The van der Waals surface area contributed by atoms with E-state index >= 15 is 0 Å². The number of hydrogen-bond donors (Lipinski definition) is 1. The van der Waals surface area contributed by atoms with Crippen LogP contribution in [0.1, 0.15) is 25.0 Å². The fourth-order valence-corrected chi connectivity index (χ4v) is 6.04. The number of imide groups is 1. The SMILES string of the molecule is C[C@]12CN(CCOc3ccc(N)cc3)C[C@](C)(O1)[C@H]1C(=O)N(c3ccc(C#N)c(C(F)(F)F)c3)C(=O)[C@H]12. The van der Waals surface area contributed by atoms with Gasteiger partial charge in [0.15, 0.2) is 0 Å². The van der Waals surface area contributed by atoms with Crippen LogP contribution in [0.25, 0.3) is 0 Å². The van der Waals surface area contributed by atoms with E-state index < -0.39 is 52.2 Å². The van der Waals surface area contributed by atoms with Crippen molar-refractivity contribution in [1.82, 2.24) is 4.90 Å². The smallest absolute Gasteiger partial charge is 0.417 e. The average Bonchev–Trinajstić information content (AvgIpc) is 3.19. The predicted molar refractivity (Wildman–Crippen MR) is 126 cm³/mol. The van der Waals surface area contributed by atoms with E-state index in [9.17, 15) is 22.8 Å². The molecule has 2 N–H and O–H groups in total. The third-order valence-electron chi connectivity index (χ3n) is 7.41. The number of carbonyl (C=O) groups excluding carboxylic acids is 2. The molecule has 0 saturated carbocycles. The Morgan fingerprint density at radius 1 is 1.08 bits per heavy atom. The van der Waals surface area contributed by atoms with Crippen LogP contribution in [0.5, 0.6) is 5.75 Å². The number of fused-ring (bicyclic) bond motifs is 5. The highest BCUT2D eigenvalue weighted by Crippen LogP contribution is 2.55. The van der Waals surface area contributed by atoms with Crippen molar-refractivity contribution in [3.63, 3.8) is 0 Å². The van der Waals surface area contributed by atoms with Gasteiger partial charge in [0.25, 0.3) is 0 Å². The number of hydrogen-bond acceptors (Lipinski definition) is 7. The molecule has 3 fully saturated rings. The molecule has 3 heterocycles. The van der Waals surface area contributed by atoms with Crippen molar-refractivity contribution in [2.45, 2.75) is 31.2 Å². The maximum atomic E-state index is 13.6. The monoisotopic (exact) mass is 514 g/mol. The molecule has 2 aromatic rings. The van der Waals surface area contributed by atoms with Crippen molar-refractivity contribution in [2.75, 3.05) is 36.9 Å². The Morgan fingerprint density at radius 3 is 2.22 bits per heavy atom. The zero-order valence-corrected chi connectivity index (χ0v) is 20.2. The summed E-state index contributed by atoms with van der Waals surface area (Å²) >= 11 is 0. The molecule has 3 saturated heterocycles. The van der Waals surface area contributed by atoms with E-state index in [4.69, 9.17) is 20.5 Å². The van der Waals surface area contributed by atoms with Crippen LogP contribution in [0, 0.1) is 23.2 Å². The first-order valence-corrected chi connectivity index (χ1v) is 11.8. The van der Waals surface area contributed by atoms with Crippen molar-refractivity contribution in [3.05, 3.63) is 53.6 Å². The lowest BCUT2D eigenvalue weighted by molar-refractivity contribution is -0.169. The number of carbonyl (C=O) groups is 2. The summed E-state index contributed by atoms with van der Waals surface area (Å²) in [4.78, 5) is 30.0. The number of ether oxygens (including phenoxy) is 2. The second-order valence-corrected chi connectivity index (χ2v) is 10.2. The molecule has 0 radical (unpaired) electrons. The number of alkyl halides is 3. The number of nitrogens with zero attached hydrogens (tertiary/aromatic N) is 3. The molecular formula is C26H25F3N4O4. The Hall–Kier alpha value is -3.62. The van der Waals surface area contributed by atoms with Crippen molar-refractivity contribution >= 4 is 23.2 Å². The van der Waals surface area contributed by atoms with Crippen LogP contribution < -0.4 is 15.4 Å². The Morgan fingerprint density at radius 2 is 1.68 bits per heavy atom. The predicted octanol–water partition coefficient (Wildman–Crippen LogP) is 3.21. The summed E-state index contributed by atoms with van der Waals surface area (Å²) in [5.74, 6) is -2.23. The van der Waals surface area contributed by atoms with Crippen LogP contribution in [0.3, 0.4) is 0 Å². The molecule has 3 aliphatic rings. The second kappa shape index (κ2) is 8.46. The fourth-order valence-electron chi connectivity index (χ4n) is 6.04. The van der Waals surface area contributed by atoms with E-state index in [2.05, 4.69) is 4.90 Å². The lowest BCUT2D eigenvalue weighted by atomic mass is 9.79. The minimum Gasteiger partial charge on any atom is -0.492 e. The van der Waals surface area contributed by atoms with Gasteiger partial charge in [0.05, 0.1) is 45.9 Å². The van der Waals surface area contributed by atoms with Gasteiger partial charge in [-0.15, -0.1) is 0 Å². The number of rotatable bonds is 5. The maximum Gasteiger partial charge on any atom is 0.417 e. The zero-order valence-electron chi connectivity index (χ0n) is 20.2. The van der Waals surface area contributed by atoms with Gasteiger partial charge in [-0.3, -0.25) is 14.5 Å². The largest absolute Gasteiger partial charge is 0.492 e. The highest BCUT2D eigenvalue weighted by molar-refractivity contribution is 6.23. The molecule has 5 rings (SSSR count). The Bertz CT molecular complexity index is 1270. The highest BCUT2D eigenvalue weighted by Gasteiger charge is 2.71. The summed E-state index contributed by atoms with van der Waals surface area (Å²) in [6.45, 7) is 5.11. The van der Waals surface area contributed by atoms with Crippen LogP contribution in [-0.2, 0) is 20.5 Å². The quantitative estimate of drug-likeness (QED) is 0.482. The van der Waals surface area contributed by atoms with Gasteiger partial charge in [-0.25, -0.2) is 4.90 Å². The van der Waals surface area contributed by atoms with Gasteiger partial charge in [-0.2, -0.15) is 18.4 Å². The van der Waals surface area contributed by atoms with Gasteiger partial charge in [0.2, 0.25) is 11.8 Å². The Balaban J connectivity index is 1.37. The molecule has 8 nitrogen and oxygen atoms in total. The molecule has 0 aliphatic carbocycles. The van der Waals surface area contributed by atoms with Crippen molar-refractivity contribution in [3.8, 4) is 11.8 Å². The first-order chi connectivity index (χ1) is 17.4. The number of nitrogen functional groups attached to an aromatic ring is 1. The minimum absolute atomic E-state index is 0.199. The molecule has 11 heteroatoms. The molecule has 194 valence electrons. The van der Waals surface area contributed by atoms with Gasteiger partial charge in [-0.1, -0.05) is 0 Å². The second-order valence-electron chi connectivity index (χ2n) is 10.2. The van der Waals surface area contributed by atoms with Crippen LogP contribution in [-0.4, -0.2) is 54.2 Å². The first-order valence-electron chi connectivity index (χ1n) is 11.8. The van der Waals surface area contributed by atoms with E-state index in [1.165, 1.54) is 12.1 Å². The average molecular weight is 515 g/mol. The molecule has 0 spiro atoms. The third-order valence-corrected chi connectivity index (χ3v) is 7.41. The molecule has 2 bridgehead atoms. The van der Waals surface area contributed by atoms with E-state index in [-0.39, 0.29) is 5.69 Å². The number of anilines is 2. The van der Waals surface area contributed by atoms with Crippen molar-refractivity contribution < 1.29 is 32.2 Å². The lowest BCUT2D eigenvalue weighted by Crippen LogP contribution is -2.58. The standard InChI is InChI=1S/C26H25F3N4O4/c1-24-13-32(9-10-36-18-7-4-16(31)5-8-18)14-25(2,37-24)21-20(24)22(34)33(23(21)35)17-6-3-15(12-30)19(11-17)26(27,28)29/h3-8,11,20-21H,9-10,13-14,31H2,1-2H3/t20-,21+,24+,25-. The molecular weight excluding hydrogens is 489 g/mol. The summed E-state index contributed by atoms with van der Waals surface area (Å²) < 4.78 is 52.7. The topological polar surface area (TPSA) is 109 Å². The first kappa shape index (κ1) is 25.0. The number of morpholine rings is 1. The number of amides is 2. The fraction of sp³-hybridized carbons (Fsp3) is 0.423. The molecule has 2 amide bonds. The molecule has 2 aromatic carbocycles. The van der Waals surface area contributed by atoms with Crippen LogP contribution in [0.15, 0.2) is 42.5 Å². The molecule has 3 aliphatic heterocycles. The van der Waals surface area contributed by atoms with E-state index in [1.54, 1.807) is 38.1 Å². The van der Waals surface area contributed by atoms with Gasteiger partial charge in [-0.05, 0) is 56.3 Å². The third kappa shape index (κ3) is 4.10. The highest BCUT2D eigenvalue weighted by atomic mass is 19.4. The number of nitriles is 1. The number of benzene rings is 2. The molecule has 0 unspecified atom stereocenters. The van der Waals surface area contributed by atoms with Gasteiger partial charge < -0.3 is 15.2 Å². The molecule has 37 heavy (non-hydrogen) atoms. The zero-order chi connectivity index (χ0) is 26.8.